The fourth-order valence-electron chi connectivity index (χ4n) is 3.08. The van der Waals surface area contributed by atoms with E-state index >= 15 is 0 Å². The van der Waals surface area contributed by atoms with E-state index in [-0.39, 0.29) is 11.9 Å². The number of carbonyl (C=O) groups is 1. The summed E-state index contributed by atoms with van der Waals surface area (Å²) in [6, 6.07) is 11.2. The van der Waals surface area contributed by atoms with Gasteiger partial charge in [0, 0.05) is 32.7 Å². The zero-order chi connectivity index (χ0) is 19.4. The van der Waals surface area contributed by atoms with E-state index in [2.05, 4.69) is 5.32 Å². The highest BCUT2D eigenvalue weighted by Gasteiger charge is 2.32. The van der Waals surface area contributed by atoms with Gasteiger partial charge < -0.3 is 5.32 Å². The van der Waals surface area contributed by atoms with Gasteiger partial charge in [0.05, 0.1) is 6.04 Å². The maximum absolute atomic E-state index is 12.6. The highest BCUT2D eigenvalue weighted by atomic mass is 32.2. The summed E-state index contributed by atoms with van der Waals surface area (Å²) in [6.07, 6.45) is 0. The Kier molecular flexibility index (Phi) is 6.31. The van der Waals surface area contributed by atoms with E-state index in [0.717, 1.165) is 5.56 Å². The van der Waals surface area contributed by atoms with Crippen molar-refractivity contribution in [2.75, 3.05) is 26.2 Å². The van der Waals surface area contributed by atoms with Crippen molar-refractivity contribution in [2.24, 2.45) is 0 Å². The number of hydrogen-bond acceptors (Lipinski definition) is 5. The molecular formula is C19H25N3O3S2. The van der Waals surface area contributed by atoms with E-state index in [9.17, 15) is 13.2 Å². The Morgan fingerprint density at radius 2 is 1.81 bits per heavy atom. The van der Waals surface area contributed by atoms with Crippen LogP contribution in [-0.4, -0.2) is 55.8 Å². The lowest BCUT2D eigenvalue weighted by atomic mass is 10.1. The summed E-state index contributed by atoms with van der Waals surface area (Å²) in [7, 11) is -3.41. The molecule has 1 atom stereocenters. The average molecular weight is 408 g/mol. The number of aryl methyl sites for hydroxylation is 1. The zero-order valence-electron chi connectivity index (χ0n) is 15.6. The van der Waals surface area contributed by atoms with E-state index < -0.39 is 10.0 Å². The second-order valence-corrected chi connectivity index (χ2v) is 9.86. The molecule has 0 radical (unpaired) electrons. The van der Waals surface area contributed by atoms with Gasteiger partial charge in [-0.15, -0.1) is 11.3 Å². The molecule has 1 aliphatic heterocycles. The predicted molar refractivity (Wildman–Crippen MR) is 107 cm³/mol. The monoisotopic (exact) mass is 407 g/mol. The van der Waals surface area contributed by atoms with E-state index in [4.69, 9.17) is 0 Å². The molecule has 6 nitrogen and oxygen atoms in total. The molecule has 1 fully saturated rings. The van der Waals surface area contributed by atoms with Crippen LogP contribution in [0.25, 0.3) is 0 Å². The van der Waals surface area contributed by atoms with Crippen molar-refractivity contribution in [2.45, 2.75) is 30.6 Å². The number of carbonyl (C=O) groups excluding carboxylic acids is 1. The minimum absolute atomic E-state index is 0.0369. The van der Waals surface area contributed by atoms with Crippen LogP contribution in [-0.2, 0) is 21.4 Å². The van der Waals surface area contributed by atoms with Gasteiger partial charge in [0.15, 0.2) is 0 Å². The fraction of sp³-hybridized carbons (Fsp3) is 0.421. The molecule has 1 aliphatic rings. The normalized spacial score (nSPS) is 17.6. The zero-order valence-corrected chi connectivity index (χ0v) is 17.2. The number of sulfonamides is 1. The lowest BCUT2D eigenvalue weighted by Gasteiger charge is -2.36. The van der Waals surface area contributed by atoms with Crippen LogP contribution >= 0.6 is 11.3 Å². The summed E-state index contributed by atoms with van der Waals surface area (Å²) in [5.41, 5.74) is 2.25. The van der Waals surface area contributed by atoms with Crippen molar-refractivity contribution in [3.05, 3.63) is 52.9 Å². The van der Waals surface area contributed by atoms with Gasteiger partial charge in [-0.25, -0.2) is 8.42 Å². The van der Waals surface area contributed by atoms with Crippen LogP contribution in [0.1, 0.15) is 18.1 Å². The van der Waals surface area contributed by atoms with Crippen molar-refractivity contribution >= 4 is 27.3 Å². The largest absolute Gasteiger partial charge is 0.351 e. The van der Waals surface area contributed by atoms with E-state index in [1.807, 2.05) is 43.0 Å². The molecule has 0 spiro atoms. The summed E-state index contributed by atoms with van der Waals surface area (Å²) in [4.78, 5) is 14.5. The highest BCUT2D eigenvalue weighted by Crippen LogP contribution is 2.22. The molecule has 2 aromatic rings. The second-order valence-electron chi connectivity index (χ2n) is 6.75. The molecule has 1 saturated heterocycles. The third kappa shape index (κ3) is 4.76. The highest BCUT2D eigenvalue weighted by molar-refractivity contribution is 7.91. The molecule has 2 heterocycles. The number of nitrogens with one attached hydrogen (secondary N) is 1. The third-order valence-electron chi connectivity index (χ3n) is 4.88. The van der Waals surface area contributed by atoms with Gasteiger partial charge in [0.2, 0.25) is 5.91 Å². The molecule has 1 aromatic heterocycles. The van der Waals surface area contributed by atoms with E-state index in [1.54, 1.807) is 17.5 Å². The van der Waals surface area contributed by atoms with Gasteiger partial charge >= 0.3 is 0 Å². The molecule has 0 bridgehead atoms. The van der Waals surface area contributed by atoms with Gasteiger partial charge in [-0.3, -0.25) is 9.69 Å². The first kappa shape index (κ1) is 20.0. The predicted octanol–water partition coefficient (Wildman–Crippen LogP) is 2.07. The molecule has 0 saturated carbocycles. The van der Waals surface area contributed by atoms with Gasteiger partial charge in [-0.1, -0.05) is 35.9 Å². The number of nitrogens with zero attached hydrogens (tertiary/aromatic N) is 2. The average Bonchev–Trinajstić information content (AvgIpc) is 3.22. The Labute approximate surface area is 164 Å². The van der Waals surface area contributed by atoms with E-state index in [1.165, 1.54) is 21.2 Å². The molecule has 0 unspecified atom stereocenters. The van der Waals surface area contributed by atoms with Crippen LogP contribution < -0.4 is 5.32 Å². The van der Waals surface area contributed by atoms with Crippen molar-refractivity contribution in [3.63, 3.8) is 0 Å². The van der Waals surface area contributed by atoms with E-state index in [0.29, 0.717) is 36.9 Å². The van der Waals surface area contributed by atoms with Crippen LogP contribution in [0.15, 0.2) is 46.0 Å². The number of rotatable bonds is 6. The molecule has 1 amide bonds. The summed E-state index contributed by atoms with van der Waals surface area (Å²) in [6.45, 7) is 6.28. The lowest BCUT2D eigenvalue weighted by Crippen LogP contribution is -2.54. The minimum Gasteiger partial charge on any atom is -0.351 e. The summed E-state index contributed by atoms with van der Waals surface area (Å²) < 4.78 is 27.0. The van der Waals surface area contributed by atoms with Crippen molar-refractivity contribution < 1.29 is 13.2 Å². The van der Waals surface area contributed by atoms with Crippen molar-refractivity contribution in [1.82, 2.24) is 14.5 Å². The van der Waals surface area contributed by atoms with Crippen LogP contribution in [0.4, 0.5) is 0 Å². The third-order valence-corrected chi connectivity index (χ3v) is 8.15. The lowest BCUT2D eigenvalue weighted by molar-refractivity contribution is -0.126. The Morgan fingerprint density at radius 1 is 1.15 bits per heavy atom. The topological polar surface area (TPSA) is 69.7 Å². The maximum atomic E-state index is 12.6. The number of benzene rings is 1. The molecule has 8 heteroatoms. The molecule has 27 heavy (non-hydrogen) atoms. The summed E-state index contributed by atoms with van der Waals surface area (Å²) in [5.74, 6) is -0.0369. The molecule has 0 aliphatic carbocycles. The first-order valence-electron chi connectivity index (χ1n) is 8.99. The van der Waals surface area contributed by atoms with Crippen LogP contribution in [0, 0.1) is 6.92 Å². The SMILES string of the molecule is Cc1ccc(CNC(=O)[C@H](C)N2CCN(S(=O)(=O)c3cccs3)CC2)cc1. The minimum atomic E-state index is -3.41. The number of amides is 1. The van der Waals surface area contributed by atoms with Gasteiger partial charge in [-0.05, 0) is 30.9 Å². The second kappa shape index (κ2) is 8.52. The van der Waals surface area contributed by atoms with Gasteiger partial charge in [0.25, 0.3) is 10.0 Å². The standard InChI is InChI=1S/C19H25N3O3S2/c1-15-5-7-17(8-6-15)14-20-19(23)16(2)21-9-11-22(12-10-21)27(24,25)18-4-3-13-26-18/h3-8,13,16H,9-12,14H2,1-2H3,(H,20,23)/t16-/m0/s1. The van der Waals surface area contributed by atoms with Crippen molar-refractivity contribution in [1.29, 1.82) is 0 Å². The van der Waals surface area contributed by atoms with Crippen LogP contribution in [0.5, 0.6) is 0 Å². The number of thiophene rings is 1. The molecule has 3 rings (SSSR count). The smallest absolute Gasteiger partial charge is 0.252 e. The Morgan fingerprint density at radius 3 is 2.41 bits per heavy atom. The van der Waals surface area contributed by atoms with Crippen LogP contribution in [0.2, 0.25) is 0 Å². The summed E-state index contributed by atoms with van der Waals surface area (Å²) >= 11 is 1.23. The maximum Gasteiger partial charge on any atom is 0.252 e. The van der Waals surface area contributed by atoms with Gasteiger partial charge in [-0.2, -0.15) is 4.31 Å². The molecule has 146 valence electrons. The fourth-order valence-corrected chi connectivity index (χ4v) is 5.64. The summed E-state index contributed by atoms with van der Waals surface area (Å²) in [5, 5.41) is 4.74. The Balaban J connectivity index is 1.51. The first-order chi connectivity index (χ1) is 12.9. The number of hydrogen-bond donors (Lipinski definition) is 1. The quantitative estimate of drug-likeness (QED) is 0.796. The molecular weight excluding hydrogens is 382 g/mol. The Bertz CT molecular complexity index is 856. The Hall–Kier alpha value is -1.74. The first-order valence-corrected chi connectivity index (χ1v) is 11.3. The number of piperazine rings is 1. The van der Waals surface area contributed by atoms with Crippen molar-refractivity contribution in [3.8, 4) is 0 Å². The van der Waals surface area contributed by atoms with Gasteiger partial charge in [0.1, 0.15) is 4.21 Å². The van der Waals surface area contributed by atoms with Crippen LogP contribution in [0.3, 0.4) is 0 Å². The molecule has 1 N–H and O–H groups in total. The molecule has 1 aromatic carbocycles.